The molecule has 7 heteroatoms. The topological polar surface area (TPSA) is 51.6 Å². The van der Waals surface area contributed by atoms with Gasteiger partial charge in [-0.2, -0.15) is 0 Å². The monoisotopic (exact) mass is 512 g/mol. The Labute approximate surface area is 223 Å². The minimum absolute atomic E-state index is 0.153. The molecule has 0 bridgehead atoms. The van der Waals surface area contributed by atoms with Crippen molar-refractivity contribution in [2.45, 2.75) is 39.3 Å². The van der Waals surface area contributed by atoms with Crippen LogP contribution in [0.1, 0.15) is 47.2 Å². The second kappa shape index (κ2) is 10.3. The standard InChI is InChI=1S/C30H32N4O2S/c1-6-21-11-7-8-13-25(21)33-19(2)17-23(20(33)3)29-28(24-12-9-10-16-31-24)32-30(37)34(29)26-18-22(35-4)14-15-27(26)36-5/h7-18,28-29H,6H2,1-5H3,(H,32,37). The molecule has 2 unspecified atom stereocenters. The molecule has 6 nitrogen and oxygen atoms in total. The number of aromatic nitrogens is 2. The minimum atomic E-state index is -0.155. The number of nitrogens with one attached hydrogen (secondary N) is 1. The number of hydrogen-bond donors (Lipinski definition) is 1. The van der Waals surface area contributed by atoms with Crippen molar-refractivity contribution in [2.24, 2.45) is 0 Å². The van der Waals surface area contributed by atoms with Crippen LogP contribution in [0.4, 0.5) is 5.69 Å². The number of ether oxygens (including phenoxy) is 2. The van der Waals surface area contributed by atoms with Gasteiger partial charge in [0.25, 0.3) is 0 Å². The van der Waals surface area contributed by atoms with Gasteiger partial charge < -0.3 is 24.3 Å². The fraction of sp³-hybridized carbons (Fsp3) is 0.267. The van der Waals surface area contributed by atoms with E-state index in [9.17, 15) is 0 Å². The van der Waals surface area contributed by atoms with Crippen LogP contribution in [-0.4, -0.2) is 28.9 Å². The zero-order valence-electron chi connectivity index (χ0n) is 21.9. The molecule has 0 aliphatic carbocycles. The summed E-state index contributed by atoms with van der Waals surface area (Å²) in [5, 5.41) is 4.18. The Bertz CT molecular complexity index is 1430. The first-order valence-corrected chi connectivity index (χ1v) is 12.9. The molecule has 2 aromatic heterocycles. The Morgan fingerprint density at radius 2 is 1.73 bits per heavy atom. The van der Waals surface area contributed by atoms with E-state index in [1.807, 2.05) is 42.6 Å². The van der Waals surface area contributed by atoms with Crippen molar-refractivity contribution in [3.05, 3.63) is 101 Å². The molecule has 37 heavy (non-hydrogen) atoms. The summed E-state index contributed by atoms with van der Waals surface area (Å²) in [7, 11) is 3.34. The third kappa shape index (κ3) is 4.33. The summed E-state index contributed by atoms with van der Waals surface area (Å²) in [4.78, 5) is 6.85. The quantitative estimate of drug-likeness (QED) is 0.296. The Hall–Kier alpha value is -3.84. The lowest BCUT2D eigenvalue weighted by molar-refractivity contribution is 0.403. The highest BCUT2D eigenvalue weighted by molar-refractivity contribution is 7.80. The van der Waals surface area contributed by atoms with Crippen LogP contribution < -0.4 is 19.7 Å². The van der Waals surface area contributed by atoms with Gasteiger partial charge in [-0.15, -0.1) is 0 Å². The molecule has 1 aliphatic heterocycles. The van der Waals surface area contributed by atoms with Crippen LogP contribution in [-0.2, 0) is 6.42 Å². The van der Waals surface area contributed by atoms with Crippen LogP contribution in [0.2, 0.25) is 0 Å². The molecule has 0 saturated carbocycles. The molecule has 0 spiro atoms. The average Bonchev–Trinajstić information content (AvgIpc) is 3.43. The molecular formula is C30H32N4O2S. The summed E-state index contributed by atoms with van der Waals surface area (Å²) in [6, 6.07) is 22.3. The average molecular weight is 513 g/mol. The fourth-order valence-electron chi connectivity index (χ4n) is 5.40. The molecule has 1 saturated heterocycles. The van der Waals surface area contributed by atoms with Crippen molar-refractivity contribution in [2.75, 3.05) is 19.1 Å². The first-order valence-electron chi connectivity index (χ1n) is 12.5. The molecule has 4 aromatic rings. The largest absolute Gasteiger partial charge is 0.497 e. The Balaban J connectivity index is 1.73. The van der Waals surface area contributed by atoms with E-state index in [0.717, 1.165) is 29.3 Å². The van der Waals surface area contributed by atoms with Gasteiger partial charge in [0.15, 0.2) is 5.11 Å². The molecule has 5 rings (SSSR count). The summed E-state index contributed by atoms with van der Waals surface area (Å²) in [6.45, 7) is 6.55. The van der Waals surface area contributed by atoms with Gasteiger partial charge in [-0.3, -0.25) is 4.98 Å². The minimum Gasteiger partial charge on any atom is -0.497 e. The van der Waals surface area contributed by atoms with Gasteiger partial charge in [0.05, 0.1) is 37.7 Å². The SMILES string of the molecule is CCc1ccccc1-n1c(C)cc(C2C(c3ccccn3)NC(=S)N2c2cc(OC)ccc2OC)c1C. The van der Waals surface area contributed by atoms with Crippen molar-refractivity contribution >= 4 is 23.0 Å². The molecule has 190 valence electrons. The molecule has 2 atom stereocenters. The number of pyridine rings is 1. The number of methoxy groups -OCH3 is 2. The third-order valence-corrected chi connectivity index (χ3v) is 7.46. The zero-order valence-corrected chi connectivity index (χ0v) is 22.7. The predicted molar refractivity (Wildman–Crippen MR) is 152 cm³/mol. The lowest BCUT2D eigenvalue weighted by Gasteiger charge is -2.29. The maximum atomic E-state index is 5.96. The summed E-state index contributed by atoms with van der Waals surface area (Å²) < 4.78 is 13.7. The lowest BCUT2D eigenvalue weighted by atomic mass is 9.96. The van der Waals surface area contributed by atoms with Crippen LogP contribution >= 0.6 is 12.2 Å². The lowest BCUT2D eigenvalue weighted by Crippen LogP contribution is -2.30. The number of anilines is 1. The number of aryl methyl sites for hydroxylation is 2. The molecule has 1 N–H and O–H groups in total. The van der Waals surface area contributed by atoms with E-state index in [4.69, 9.17) is 26.7 Å². The van der Waals surface area contributed by atoms with Crippen molar-refractivity contribution in [3.8, 4) is 17.2 Å². The Morgan fingerprint density at radius 1 is 0.946 bits per heavy atom. The number of thiocarbonyl (C=S) groups is 1. The Kier molecular flexibility index (Phi) is 6.89. The van der Waals surface area contributed by atoms with E-state index in [1.165, 1.54) is 28.2 Å². The van der Waals surface area contributed by atoms with Crippen molar-refractivity contribution in [1.29, 1.82) is 0 Å². The zero-order chi connectivity index (χ0) is 26.1. The molecular weight excluding hydrogens is 480 g/mol. The first kappa shape index (κ1) is 24.8. The summed E-state index contributed by atoms with van der Waals surface area (Å²) >= 11 is 5.96. The van der Waals surface area contributed by atoms with E-state index >= 15 is 0 Å². The molecule has 2 aromatic carbocycles. The van der Waals surface area contributed by atoms with Gasteiger partial charge in [-0.05, 0) is 80.0 Å². The van der Waals surface area contributed by atoms with Crippen LogP contribution in [0.15, 0.2) is 72.9 Å². The molecule has 0 radical (unpaired) electrons. The maximum absolute atomic E-state index is 5.96. The second-order valence-corrected chi connectivity index (χ2v) is 9.57. The van der Waals surface area contributed by atoms with Crippen molar-refractivity contribution < 1.29 is 9.47 Å². The smallest absolute Gasteiger partial charge is 0.174 e. The van der Waals surface area contributed by atoms with Crippen LogP contribution in [0, 0.1) is 13.8 Å². The highest BCUT2D eigenvalue weighted by atomic mass is 32.1. The number of para-hydroxylation sites is 1. The van der Waals surface area contributed by atoms with Crippen molar-refractivity contribution in [1.82, 2.24) is 14.9 Å². The van der Waals surface area contributed by atoms with E-state index < -0.39 is 0 Å². The van der Waals surface area contributed by atoms with Gasteiger partial charge in [0, 0.05) is 29.3 Å². The maximum Gasteiger partial charge on any atom is 0.174 e. The summed E-state index contributed by atoms with van der Waals surface area (Å²) in [5.41, 5.74) is 7.81. The van der Waals surface area contributed by atoms with E-state index in [-0.39, 0.29) is 12.1 Å². The molecule has 1 fully saturated rings. The highest BCUT2D eigenvalue weighted by Gasteiger charge is 2.43. The molecule has 0 amide bonds. The number of nitrogens with zero attached hydrogens (tertiary/aromatic N) is 3. The molecule has 1 aliphatic rings. The third-order valence-electron chi connectivity index (χ3n) is 7.15. The number of hydrogen-bond acceptors (Lipinski definition) is 4. The second-order valence-electron chi connectivity index (χ2n) is 9.18. The highest BCUT2D eigenvalue weighted by Crippen LogP contribution is 2.47. The van der Waals surface area contributed by atoms with Crippen LogP contribution in [0.3, 0.4) is 0 Å². The number of rotatable bonds is 7. The first-order chi connectivity index (χ1) is 18.0. The van der Waals surface area contributed by atoms with Gasteiger partial charge in [-0.1, -0.05) is 31.2 Å². The van der Waals surface area contributed by atoms with Gasteiger partial charge in [0.2, 0.25) is 0 Å². The van der Waals surface area contributed by atoms with E-state index in [2.05, 4.69) is 65.9 Å². The van der Waals surface area contributed by atoms with Crippen LogP contribution in [0.25, 0.3) is 5.69 Å². The van der Waals surface area contributed by atoms with E-state index in [1.54, 1.807) is 14.2 Å². The summed E-state index contributed by atoms with van der Waals surface area (Å²) in [6.07, 6.45) is 2.79. The van der Waals surface area contributed by atoms with Crippen molar-refractivity contribution in [3.63, 3.8) is 0 Å². The van der Waals surface area contributed by atoms with Crippen LogP contribution in [0.5, 0.6) is 11.5 Å². The van der Waals surface area contributed by atoms with Gasteiger partial charge in [-0.25, -0.2) is 0 Å². The van der Waals surface area contributed by atoms with Gasteiger partial charge in [0.1, 0.15) is 11.5 Å². The number of benzene rings is 2. The summed E-state index contributed by atoms with van der Waals surface area (Å²) in [5.74, 6) is 1.46. The molecule has 3 heterocycles. The predicted octanol–water partition coefficient (Wildman–Crippen LogP) is 6.25. The fourth-order valence-corrected chi connectivity index (χ4v) is 5.74. The normalized spacial score (nSPS) is 17.1. The Morgan fingerprint density at radius 3 is 2.43 bits per heavy atom. The van der Waals surface area contributed by atoms with E-state index in [0.29, 0.717) is 5.11 Å². The van der Waals surface area contributed by atoms with Gasteiger partial charge >= 0.3 is 0 Å².